The second kappa shape index (κ2) is 5.62. The van der Waals surface area contributed by atoms with Crippen LogP contribution in [0.2, 0.25) is 0 Å². The van der Waals surface area contributed by atoms with Gasteiger partial charge in [0.2, 0.25) is 5.95 Å². The summed E-state index contributed by atoms with van der Waals surface area (Å²) in [6.45, 7) is 4.65. The van der Waals surface area contributed by atoms with E-state index in [9.17, 15) is 0 Å². The van der Waals surface area contributed by atoms with E-state index in [2.05, 4.69) is 30.2 Å². The number of ether oxygens (including phenoxy) is 1. The number of nitrogens with zero attached hydrogens (tertiary/aromatic N) is 4. The van der Waals surface area contributed by atoms with Crippen LogP contribution in [0.1, 0.15) is 19.8 Å². The number of rotatable bonds is 4. The zero-order valence-corrected chi connectivity index (χ0v) is 11.9. The molecule has 0 amide bonds. The van der Waals surface area contributed by atoms with Crippen molar-refractivity contribution in [2.24, 2.45) is 0 Å². The number of aromatic nitrogens is 4. The first kappa shape index (κ1) is 13.1. The maximum absolute atomic E-state index is 5.49. The first-order valence-electron chi connectivity index (χ1n) is 7.04. The minimum atomic E-state index is 0.263. The number of methoxy groups -OCH3 is 1. The summed E-state index contributed by atoms with van der Waals surface area (Å²) < 4.78 is 5.49. The number of hydrogen-bond acceptors (Lipinski definition) is 6. The van der Waals surface area contributed by atoms with Crippen molar-refractivity contribution < 1.29 is 4.74 Å². The van der Waals surface area contributed by atoms with E-state index in [1.807, 2.05) is 6.92 Å². The smallest absolute Gasteiger partial charge is 0.226 e. The Bertz CT molecular complexity index is 583. The molecule has 0 aromatic carbocycles. The molecule has 0 spiro atoms. The monoisotopic (exact) mass is 276 g/mol. The van der Waals surface area contributed by atoms with Gasteiger partial charge in [0.25, 0.3) is 0 Å². The predicted molar refractivity (Wildman–Crippen MR) is 78.1 cm³/mol. The molecule has 108 valence electrons. The number of imidazole rings is 1. The van der Waals surface area contributed by atoms with Crippen LogP contribution in [0.5, 0.6) is 0 Å². The lowest BCUT2D eigenvalue weighted by Gasteiger charge is -2.32. The molecule has 1 fully saturated rings. The molecule has 1 aliphatic heterocycles. The summed E-state index contributed by atoms with van der Waals surface area (Å²) in [4.78, 5) is 18.7. The molecular formula is C13H20N6O. The molecule has 3 rings (SSSR count). The maximum Gasteiger partial charge on any atom is 0.226 e. The molecule has 1 saturated heterocycles. The van der Waals surface area contributed by atoms with Crippen molar-refractivity contribution >= 4 is 22.9 Å². The van der Waals surface area contributed by atoms with Crippen LogP contribution in [0.3, 0.4) is 0 Å². The van der Waals surface area contributed by atoms with Crippen molar-refractivity contribution in [1.82, 2.24) is 19.9 Å². The molecule has 0 aliphatic carbocycles. The predicted octanol–water partition coefficient (Wildman–Crippen LogP) is 1.40. The van der Waals surface area contributed by atoms with Crippen molar-refractivity contribution in [3.05, 3.63) is 6.33 Å². The van der Waals surface area contributed by atoms with Crippen molar-refractivity contribution in [1.29, 1.82) is 0 Å². The van der Waals surface area contributed by atoms with E-state index >= 15 is 0 Å². The number of fused-ring (bicyclic) bond motifs is 1. The van der Waals surface area contributed by atoms with E-state index < -0.39 is 0 Å². The number of H-pyrrole nitrogens is 1. The average molecular weight is 276 g/mol. The quantitative estimate of drug-likeness (QED) is 0.879. The van der Waals surface area contributed by atoms with Crippen molar-refractivity contribution in [3.8, 4) is 0 Å². The Morgan fingerprint density at radius 3 is 3.20 bits per heavy atom. The minimum absolute atomic E-state index is 0.263. The second-order valence-electron chi connectivity index (χ2n) is 4.95. The number of hydrogen-bond donors (Lipinski definition) is 2. The van der Waals surface area contributed by atoms with E-state index in [0.717, 1.165) is 43.8 Å². The third-order valence-electron chi connectivity index (χ3n) is 3.61. The Morgan fingerprint density at radius 2 is 2.40 bits per heavy atom. The lowest BCUT2D eigenvalue weighted by Crippen LogP contribution is -2.40. The zero-order chi connectivity index (χ0) is 13.9. The Morgan fingerprint density at radius 1 is 1.50 bits per heavy atom. The highest BCUT2D eigenvalue weighted by Gasteiger charge is 2.23. The van der Waals surface area contributed by atoms with Gasteiger partial charge in [-0.05, 0) is 19.8 Å². The van der Waals surface area contributed by atoms with Gasteiger partial charge in [-0.25, -0.2) is 4.98 Å². The van der Waals surface area contributed by atoms with Crippen LogP contribution in [0.4, 0.5) is 11.8 Å². The normalized spacial score (nSPS) is 19.5. The van der Waals surface area contributed by atoms with E-state index in [0.29, 0.717) is 11.6 Å². The SMILES string of the molecule is CCNc1nc(N2CCCC(OC)C2)c2[nH]cnc2n1. The summed E-state index contributed by atoms with van der Waals surface area (Å²) in [6.07, 6.45) is 4.13. The van der Waals surface area contributed by atoms with Crippen LogP contribution >= 0.6 is 0 Å². The highest BCUT2D eigenvalue weighted by atomic mass is 16.5. The van der Waals surface area contributed by atoms with Crippen molar-refractivity contribution in [2.75, 3.05) is 37.0 Å². The van der Waals surface area contributed by atoms with Gasteiger partial charge in [0.15, 0.2) is 11.5 Å². The Labute approximate surface area is 117 Å². The fourth-order valence-electron chi connectivity index (χ4n) is 2.61. The number of piperidine rings is 1. The number of aromatic amines is 1. The molecule has 0 bridgehead atoms. The summed E-state index contributed by atoms with van der Waals surface area (Å²) >= 11 is 0. The van der Waals surface area contributed by atoms with Crippen LogP contribution in [-0.4, -0.2) is 52.8 Å². The Balaban J connectivity index is 1.98. The third-order valence-corrected chi connectivity index (χ3v) is 3.61. The van der Waals surface area contributed by atoms with Crippen LogP contribution in [-0.2, 0) is 4.74 Å². The van der Waals surface area contributed by atoms with Gasteiger partial charge in [0, 0.05) is 26.7 Å². The summed E-state index contributed by atoms with van der Waals surface area (Å²) in [5.41, 5.74) is 1.59. The van der Waals surface area contributed by atoms with Gasteiger partial charge >= 0.3 is 0 Å². The van der Waals surface area contributed by atoms with E-state index in [1.54, 1.807) is 13.4 Å². The fourth-order valence-corrected chi connectivity index (χ4v) is 2.61. The molecular weight excluding hydrogens is 256 g/mol. The highest BCUT2D eigenvalue weighted by Crippen LogP contribution is 2.26. The topological polar surface area (TPSA) is 79.0 Å². The summed E-state index contributed by atoms with van der Waals surface area (Å²) in [5, 5.41) is 3.16. The molecule has 2 aromatic heterocycles. The number of nitrogens with one attached hydrogen (secondary N) is 2. The Kier molecular flexibility index (Phi) is 3.68. The van der Waals surface area contributed by atoms with Crippen molar-refractivity contribution in [3.63, 3.8) is 0 Å². The van der Waals surface area contributed by atoms with Crippen molar-refractivity contribution in [2.45, 2.75) is 25.9 Å². The lowest BCUT2D eigenvalue weighted by molar-refractivity contribution is 0.0892. The molecule has 20 heavy (non-hydrogen) atoms. The molecule has 1 atom stereocenters. The Hall–Kier alpha value is -1.89. The minimum Gasteiger partial charge on any atom is -0.380 e. The zero-order valence-electron chi connectivity index (χ0n) is 11.9. The van der Waals surface area contributed by atoms with E-state index in [4.69, 9.17) is 4.74 Å². The molecule has 1 aliphatic rings. The first-order chi connectivity index (χ1) is 9.81. The van der Waals surface area contributed by atoms with Gasteiger partial charge in [-0.3, -0.25) is 0 Å². The molecule has 0 saturated carbocycles. The van der Waals surface area contributed by atoms with Crippen LogP contribution in [0.15, 0.2) is 6.33 Å². The maximum atomic E-state index is 5.49. The molecule has 3 heterocycles. The highest BCUT2D eigenvalue weighted by molar-refractivity contribution is 5.84. The van der Waals surface area contributed by atoms with Gasteiger partial charge in [-0.2, -0.15) is 9.97 Å². The fraction of sp³-hybridized carbons (Fsp3) is 0.615. The largest absolute Gasteiger partial charge is 0.380 e. The van der Waals surface area contributed by atoms with Crippen LogP contribution in [0.25, 0.3) is 11.2 Å². The van der Waals surface area contributed by atoms with Crippen LogP contribution in [0, 0.1) is 0 Å². The second-order valence-corrected chi connectivity index (χ2v) is 4.95. The van der Waals surface area contributed by atoms with E-state index in [1.165, 1.54) is 0 Å². The standard InChI is InChI=1S/C13H20N6O/c1-3-14-13-17-11-10(15-8-16-11)12(18-13)19-6-4-5-9(7-19)20-2/h8-9H,3-7H2,1-2H3,(H2,14,15,16,17,18). The first-order valence-corrected chi connectivity index (χ1v) is 7.04. The lowest BCUT2D eigenvalue weighted by atomic mass is 10.1. The van der Waals surface area contributed by atoms with Crippen LogP contribution < -0.4 is 10.2 Å². The molecule has 7 nitrogen and oxygen atoms in total. The molecule has 2 N–H and O–H groups in total. The van der Waals surface area contributed by atoms with Gasteiger partial charge in [-0.1, -0.05) is 0 Å². The summed E-state index contributed by atoms with van der Waals surface area (Å²) in [7, 11) is 1.77. The van der Waals surface area contributed by atoms with E-state index in [-0.39, 0.29) is 6.10 Å². The van der Waals surface area contributed by atoms with Gasteiger partial charge in [0.05, 0.1) is 12.4 Å². The molecule has 1 unspecified atom stereocenters. The van der Waals surface area contributed by atoms with Gasteiger partial charge in [-0.15, -0.1) is 0 Å². The van der Waals surface area contributed by atoms with Gasteiger partial charge in [0.1, 0.15) is 5.52 Å². The molecule has 7 heteroatoms. The summed E-state index contributed by atoms with van der Waals surface area (Å²) in [6, 6.07) is 0. The van der Waals surface area contributed by atoms with Gasteiger partial charge < -0.3 is 19.9 Å². The third kappa shape index (κ3) is 2.40. The molecule has 0 radical (unpaired) electrons. The summed E-state index contributed by atoms with van der Waals surface area (Å²) in [5.74, 6) is 1.53. The number of anilines is 2. The average Bonchev–Trinajstić information content (AvgIpc) is 2.95. The molecule has 2 aromatic rings.